The summed E-state index contributed by atoms with van der Waals surface area (Å²) in [5.74, 6) is 0. The van der Waals surface area contributed by atoms with Crippen LogP contribution in [0.1, 0.15) is 54.0 Å². The van der Waals surface area contributed by atoms with E-state index in [-0.39, 0.29) is 23.1 Å². The molecule has 0 saturated carbocycles. The number of hydrogen-bond donors (Lipinski definition) is 0. The lowest BCUT2D eigenvalue weighted by Gasteiger charge is -2.32. The van der Waals surface area contributed by atoms with Gasteiger partial charge in [0.1, 0.15) is 11.0 Å². The second-order valence-corrected chi connectivity index (χ2v) is 9.78. The fraction of sp³-hybridized carbons (Fsp3) is 0.588. The van der Waals surface area contributed by atoms with Gasteiger partial charge in [0.25, 0.3) is 0 Å². The third-order valence-corrected chi connectivity index (χ3v) is 5.63. The van der Waals surface area contributed by atoms with Crippen molar-refractivity contribution in [3.8, 4) is 0 Å². The fourth-order valence-corrected chi connectivity index (χ4v) is 2.52. The molecule has 1 fully saturated rings. The summed E-state index contributed by atoms with van der Waals surface area (Å²) in [4.78, 5) is 0. The summed E-state index contributed by atoms with van der Waals surface area (Å²) in [5.41, 5.74) is 1.18. The van der Waals surface area contributed by atoms with Gasteiger partial charge in [0, 0.05) is 6.21 Å². The molecule has 0 aliphatic carbocycles. The number of nitrogens with zero attached hydrogens (tertiary/aromatic N) is 1. The first kappa shape index (κ1) is 18.4. The van der Waals surface area contributed by atoms with Gasteiger partial charge in [-0.25, -0.2) is 4.21 Å². The zero-order chi connectivity index (χ0) is 17.5. The Morgan fingerprint density at radius 3 is 1.96 bits per heavy atom. The highest BCUT2D eigenvalue weighted by Crippen LogP contribution is 2.36. The van der Waals surface area contributed by atoms with Crippen molar-refractivity contribution in [2.45, 2.75) is 64.4 Å². The van der Waals surface area contributed by atoms with Crippen LogP contribution in [0, 0.1) is 0 Å². The molecule has 1 saturated heterocycles. The van der Waals surface area contributed by atoms with Crippen molar-refractivity contribution in [1.82, 2.24) is 0 Å². The molecule has 0 aromatic heterocycles. The Morgan fingerprint density at radius 1 is 1.04 bits per heavy atom. The minimum atomic E-state index is -1.25. The van der Waals surface area contributed by atoms with Gasteiger partial charge in [0.2, 0.25) is 0 Å². The third-order valence-electron chi connectivity index (χ3n) is 4.28. The van der Waals surface area contributed by atoms with Gasteiger partial charge in [-0.3, -0.25) is 0 Å². The fourth-order valence-electron chi connectivity index (χ4n) is 1.99. The molecule has 0 bridgehead atoms. The Kier molecular flexibility index (Phi) is 4.91. The number of rotatable bonds is 3. The van der Waals surface area contributed by atoms with Gasteiger partial charge in [-0.15, -0.1) is 0 Å². The molecule has 2 rings (SSSR count). The lowest BCUT2D eigenvalue weighted by molar-refractivity contribution is 0.00578. The molecule has 1 atom stereocenters. The van der Waals surface area contributed by atoms with Crippen molar-refractivity contribution in [1.29, 1.82) is 0 Å². The maximum Gasteiger partial charge on any atom is 0.494 e. The molecular formula is C17H26BNO3S. The molecule has 1 aromatic carbocycles. The molecule has 0 N–H and O–H groups in total. The van der Waals surface area contributed by atoms with Crippen LogP contribution in [0.2, 0.25) is 0 Å². The van der Waals surface area contributed by atoms with E-state index in [0.29, 0.717) is 0 Å². The molecule has 23 heavy (non-hydrogen) atoms. The van der Waals surface area contributed by atoms with Crippen LogP contribution >= 0.6 is 0 Å². The van der Waals surface area contributed by atoms with E-state index >= 15 is 0 Å². The van der Waals surface area contributed by atoms with Crippen LogP contribution in [-0.4, -0.2) is 33.5 Å². The molecule has 1 aromatic rings. The van der Waals surface area contributed by atoms with Gasteiger partial charge in [-0.05, 0) is 59.5 Å². The first-order valence-electron chi connectivity index (χ1n) is 7.84. The third kappa shape index (κ3) is 4.11. The van der Waals surface area contributed by atoms with Crippen molar-refractivity contribution in [3.05, 3.63) is 29.8 Å². The second kappa shape index (κ2) is 6.15. The zero-order valence-electron chi connectivity index (χ0n) is 15.0. The van der Waals surface area contributed by atoms with E-state index in [2.05, 4.69) is 4.40 Å². The van der Waals surface area contributed by atoms with Gasteiger partial charge >= 0.3 is 7.12 Å². The van der Waals surface area contributed by atoms with Crippen molar-refractivity contribution in [2.75, 3.05) is 0 Å². The van der Waals surface area contributed by atoms with Crippen LogP contribution in [0.3, 0.4) is 0 Å². The summed E-state index contributed by atoms with van der Waals surface area (Å²) in [6.07, 6.45) is 1.65. The first-order valence-corrected chi connectivity index (χ1v) is 8.95. The van der Waals surface area contributed by atoms with E-state index in [1.165, 1.54) is 0 Å². The Balaban J connectivity index is 2.10. The molecular weight excluding hydrogens is 309 g/mol. The van der Waals surface area contributed by atoms with Gasteiger partial charge < -0.3 is 9.31 Å². The lowest BCUT2D eigenvalue weighted by Crippen LogP contribution is -2.41. The van der Waals surface area contributed by atoms with Crippen LogP contribution in [-0.2, 0) is 20.3 Å². The van der Waals surface area contributed by atoms with Crippen LogP contribution in [0.4, 0.5) is 0 Å². The predicted molar refractivity (Wildman–Crippen MR) is 97.6 cm³/mol. The maximum absolute atomic E-state index is 11.9. The van der Waals surface area contributed by atoms with Gasteiger partial charge in [-0.2, -0.15) is 4.40 Å². The lowest BCUT2D eigenvalue weighted by atomic mass is 9.79. The number of benzene rings is 1. The van der Waals surface area contributed by atoms with Gasteiger partial charge in [0.05, 0.1) is 15.9 Å². The second-order valence-electron chi connectivity index (χ2n) is 7.85. The Bertz CT molecular complexity index is 602. The molecule has 4 nitrogen and oxygen atoms in total. The van der Waals surface area contributed by atoms with Gasteiger partial charge in [0.15, 0.2) is 0 Å². The topological polar surface area (TPSA) is 47.9 Å². The smallest absolute Gasteiger partial charge is 0.399 e. The molecule has 1 aliphatic rings. The molecule has 1 heterocycles. The van der Waals surface area contributed by atoms with Crippen LogP contribution < -0.4 is 5.46 Å². The summed E-state index contributed by atoms with van der Waals surface area (Å²) in [5, 5.41) is 0. The monoisotopic (exact) mass is 335 g/mol. The predicted octanol–water partition coefficient (Wildman–Crippen LogP) is 2.87. The minimum absolute atomic E-state index is 0.346. The molecule has 6 heteroatoms. The SMILES string of the molecule is CC(C)(C)[S@@](=O)N=Cc1ccc(B2OC(C)(C)C(C)(C)O2)cc1. The summed E-state index contributed by atoms with van der Waals surface area (Å²) in [6, 6.07) is 7.79. The van der Waals surface area contributed by atoms with E-state index < -0.39 is 11.0 Å². The Hall–Kier alpha value is -0.975. The van der Waals surface area contributed by atoms with Crippen molar-refractivity contribution in [3.63, 3.8) is 0 Å². The maximum atomic E-state index is 11.9. The van der Waals surface area contributed by atoms with Crippen LogP contribution in [0.25, 0.3) is 0 Å². The van der Waals surface area contributed by atoms with Gasteiger partial charge in [-0.1, -0.05) is 24.3 Å². The standard InChI is InChI=1S/C17H26BNO3S/c1-15(2,3)23(20)19-12-13-8-10-14(11-9-13)18-21-16(4,5)17(6,7)22-18/h8-12H,1-7H3/t23-/m1/s1. The molecule has 0 radical (unpaired) electrons. The summed E-state index contributed by atoms with van der Waals surface area (Å²) >= 11 is 0. The molecule has 1 aliphatic heterocycles. The van der Waals surface area contributed by atoms with Crippen LogP contribution in [0.5, 0.6) is 0 Å². The highest BCUT2D eigenvalue weighted by atomic mass is 32.2. The summed E-state index contributed by atoms with van der Waals surface area (Å²) < 4.78 is 27.8. The molecule has 0 spiro atoms. The highest BCUT2D eigenvalue weighted by Gasteiger charge is 2.51. The first-order chi connectivity index (χ1) is 10.4. The van der Waals surface area contributed by atoms with E-state index in [0.717, 1.165) is 11.0 Å². The Morgan fingerprint density at radius 2 is 1.52 bits per heavy atom. The summed E-state index contributed by atoms with van der Waals surface area (Å²) in [6.45, 7) is 13.9. The normalized spacial score (nSPS) is 21.8. The van der Waals surface area contributed by atoms with Crippen molar-refractivity contribution >= 4 is 29.8 Å². The van der Waals surface area contributed by atoms with Crippen LogP contribution in [0.15, 0.2) is 28.7 Å². The Labute approximate surface area is 142 Å². The quantitative estimate of drug-likeness (QED) is 0.630. The van der Waals surface area contributed by atoms with E-state index in [4.69, 9.17) is 9.31 Å². The minimum Gasteiger partial charge on any atom is -0.399 e. The molecule has 0 unspecified atom stereocenters. The van der Waals surface area contributed by atoms with Crippen molar-refractivity contribution < 1.29 is 13.5 Å². The van der Waals surface area contributed by atoms with E-state index in [1.54, 1.807) is 6.21 Å². The largest absolute Gasteiger partial charge is 0.494 e. The average Bonchev–Trinajstić information content (AvgIpc) is 2.64. The molecule has 126 valence electrons. The highest BCUT2D eigenvalue weighted by molar-refractivity contribution is 7.85. The van der Waals surface area contributed by atoms with E-state index in [1.807, 2.05) is 72.7 Å². The van der Waals surface area contributed by atoms with Crippen molar-refractivity contribution in [2.24, 2.45) is 4.40 Å². The molecule has 0 amide bonds. The number of hydrogen-bond acceptors (Lipinski definition) is 3. The van der Waals surface area contributed by atoms with E-state index in [9.17, 15) is 4.21 Å². The summed E-state index contributed by atoms with van der Waals surface area (Å²) in [7, 11) is -1.61. The average molecular weight is 335 g/mol. The zero-order valence-corrected chi connectivity index (χ0v) is 15.9.